The number of aromatic nitrogens is 1. The van der Waals surface area contributed by atoms with Crippen LogP contribution < -0.4 is 4.90 Å². The van der Waals surface area contributed by atoms with Gasteiger partial charge >= 0.3 is 6.18 Å². The minimum atomic E-state index is -4.48. The van der Waals surface area contributed by atoms with Crippen molar-refractivity contribution in [2.45, 2.75) is 44.4 Å². The topological polar surface area (TPSA) is 31.8 Å². The van der Waals surface area contributed by atoms with Crippen LogP contribution >= 0.6 is 0 Å². The predicted octanol–water partition coefficient (Wildman–Crippen LogP) is 5.20. The van der Waals surface area contributed by atoms with Crippen LogP contribution in [0.2, 0.25) is 0 Å². The number of pyridine rings is 1. The fourth-order valence-electron chi connectivity index (χ4n) is 5.20. The van der Waals surface area contributed by atoms with E-state index >= 15 is 0 Å². The van der Waals surface area contributed by atoms with E-state index in [1.54, 1.807) is 4.90 Å². The SMILES string of the molecule is C=C(CC)N(CC1(N2CCN(Cc3ccccc3)CC2)CCOCC1)c1ncccc1C(F)(F)F. The van der Waals surface area contributed by atoms with E-state index in [1.807, 2.05) is 13.0 Å². The van der Waals surface area contributed by atoms with E-state index in [0.717, 1.165) is 51.6 Å². The summed E-state index contributed by atoms with van der Waals surface area (Å²) in [5.74, 6) is -0.0552. The number of alkyl halides is 3. The zero-order chi connectivity index (χ0) is 24.9. The number of hydrogen-bond donors (Lipinski definition) is 0. The molecule has 2 saturated heterocycles. The van der Waals surface area contributed by atoms with Gasteiger partial charge in [0.2, 0.25) is 0 Å². The van der Waals surface area contributed by atoms with Gasteiger partial charge in [-0.2, -0.15) is 13.2 Å². The summed E-state index contributed by atoms with van der Waals surface area (Å²) in [4.78, 5) is 10.8. The summed E-state index contributed by atoms with van der Waals surface area (Å²) in [5, 5.41) is 0. The molecule has 4 rings (SSSR count). The molecule has 0 bridgehead atoms. The van der Waals surface area contributed by atoms with Crippen LogP contribution in [-0.4, -0.2) is 66.3 Å². The Labute approximate surface area is 206 Å². The molecule has 35 heavy (non-hydrogen) atoms. The van der Waals surface area contributed by atoms with Crippen LogP contribution in [0.4, 0.5) is 19.0 Å². The molecule has 2 fully saturated rings. The maximum Gasteiger partial charge on any atom is 0.419 e. The first kappa shape index (κ1) is 25.7. The minimum absolute atomic E-state index is 0.0552. The Hall–Kier alpha value is -2.42. The molecule has 0 atom stereocenters. The summed E-state index contributed by atoms with van der Waals surface area (Å²) in [7, 11) is 0. The van der Waals surface area contributed by atoms with E-state index in [1.165, 1.54) is 17.8 Å². The molecule has 5 nitrogen and oxygen atoms in total. The van der Waals surface area contributed by atoms with E-state index in [0.29, 0.717) is 31.9 Å². The maximum absolute atomic E-state index is 13.9. The Kier molecular flexibility index (Phi) is 8.14. The van der Waals surface area contributed by atoms with Gasteiger partial charge in [-0.25, -0.2) is 4.98 Å². The molecule has 3 heterocycles. The molecular weight excluding hydrogens is 453 g/mol. The van der Waals surface area contributed by atoms with Crippen molar-refractivity contribution >= 4 is 5.82 Å². The van der Waals surface area contributed by atoms with Crippen LogP contribution in [0.25, 0.3) is 0 Å². The second-order valence-electron chi connectivity index (χ2n) is 9.46. The van der Waals surface area contributed by atoms with E-state index in [9.17, 15) is 13.2 Å². The maximum atomic E-state index is 13.9. The second-order valence-corrected chi connectivity index (χ2v) is 9.46. The van der Waals surface area contributed by atoms with Gasteiger partial charge in [0.05, 0.1) is 5.56 Å². The van der Waals surface area contributed by atoms with Crippen molar-refractivity contribution in [1.82, 2.24) is 14.8 Å². The van der Waals surface area contributed by atoms with Gasteiger partial charge in [-0.3, -0.25) is 9.80 Å². The van der Waals surface area contributed by atoms with Gasteiger partial charge in [0.25, 0.3) is 0 Å². The Morgan fingerprint density at radius 2 is 1.74 bits per heavy atom. The number of rotatable bonds is 8. The van der Waals surface area contributed by atoms with Crippen LogP contribution in [0.1, 0.15) is 37.3 Å². The monoisotopic (exact) mass is 488 g/mol. The zero-order valence-corrected chi connectivity index (χ0v) is 20.4. The highest BCUT2D eigenvalue weighted by Crippen LogP contribution is 2.39. The molecule has 0 N–H and O–H groups in total. The molecule has 2 aliphatic rings. The van der Waals surface area contributed by atoms with Crippen molar-refractivity contribution in [1.29, 1.82) is 0 Å². The number of allylic oxidation sites excluding steroid dienone is 1. The lowest BCUT2D eigenvalue weighted by Crippen LogP contribution is -2.63. The Morgan fingerprint density at radius 1 is 1.06 bits per heavy atom. The fourth-order valence-corrected chi connectivity index (χ4v) is 5.20. The van der Waals surface area contributed by atoms with Crippen molar-refractivity contribution in [2.24, 2.45) is 0 Å². The molecule has 2 aliphatic heterocycles. The van der Waals surface area contributed by atoms with E-state index < -0.39 is 11.7 Å². The predicted molar refractivity (Wildman–Crippen MR) is 132 cm³/mol. The lowest BCUT2D eigenvalue weighted by atomic mass is 9.86. The van der Waals surface area contributed by atoms with Crippen LogP contribution in [0.5, 0.6) is 0 Å². The highest BCUT2D eigenvalue weighted by Gasteiger charge is 2.43. The summed E-state index contributed by atoms with van der Waals surface area (Å²) in [6, 6.07) is 12.9. The summed E-state index contributed by atoms with van der Waals surface area (Å²) >= 11 is 0. The quantitative estimate of drug-likeness (QED) is 0.510. The van der Waals surface area contributed by atoms with Crippen LogP contribution in [-0.2, 0) is 17.5 Å². The number of anilines is 1. The first-order valence-corrected chi connectivity index (χ1v) is 12.4. The van der Waals surface area contributed by atoms with Crippen LogP contribution in [0.3, 0.4) is 0 Å². The molecule has 0 unspecified atom stereocenters. The third kappa shape index (κ3) is 6.05. The first-order chi connectivity index (χ1) is 16.8. The zero-order valence-electron chi connectivity index (χ0n) is 20.4. The second kappa shape index (κ2) is 11.1. The Balaban J connectivity index is 1.56. The van der Waals surface area contributed by atoms with Crippen LogP contribution in [0, 0.1) is 0 Å². The van der Waals surface area contributed by atoms with Gasteiger partial charge in [-0.1, -0.05) is 43.8 Å². The van der Waals surface area contributed by atoms with E-state index in [4.69, 9.17) is 4.74 Å². The van der Waals surface area contributed by atoms with Gasteiger partial charge in [0, 0.05) is 69.9 Å². The van der Waals surface area contributed by atoms with Gasteiger partial charge < -0.3 is 9.64 Å². The largest absolute Gasteiger partial charge is 0.419 e. The summed E-state index contributed by atoms with van der Waals surface area (Å²) < 4.78 is 47.4. The van der Waals surface area contributed by atoms with Crippen molar-refractivity contribution < 1.29 is 17.9 Å². The van der Waals surface area contributed by atoms with Crippen molar-refractivity contribution in [3.63, 3.8) is 0 Å². The Morgan fingerprint density at radius 3 is 2.37 bits per heavy atom. The van der Waals surface area contributed by atoms with Gasteiger partial charge in [-0.15, -0.1) is 0 Å². The van der Waals surface area contributed by atoms with Crippen molar-refractivity contribution in [3.8, 4) is 0 Å². The summed E-state index contributed by atoms with van der Waals surface area (Å²) in [6.45, 7) is 12.2. The number of nitrogens with zero attached hydrogens (tertiary/aromatic N) is 4. The molecule has 0 spiro atoms. The van der Waals surface area contributed by atoms with Crippen molar-refractivity contribution in [2.75, 3.05) is 50.8 Å². The molecule has 0 aliphatic carbocycles. The van der Waals surface area contributed by atoms with Gasteiger partial charge in [0.1, 0.15) is 5.82 Å². The van der Waals surface area contributed by atoms with E-state index in [-0.39, 0.29) is 11.4 Å². The number of benzene rings is 1. The number of piperazine rings is 1. The minimum Gasteiger partial charge on any atom is -0.381 e. The summed E-state index contributed by atoms with van der Waals surface area (Å²) in [6.07, 6.45) is -0.965. The average molecular weight is 489 g/mol. The highest BCUT2D eigenvalue weighted by molar-refractivity contribution is 5.53. The lowest BCUT2D eigenvalue weighted by molar-refractivity contribution is -0.137. The molecule has 0 radical (unpaired) electrons. The summed E-state index contributed by atoms with van der Waals surface area (Å²) in [5.41, 5.74) is 0.921. The molecule has 2 aromatic rings. The first-order valence-electron chi connectivity index (χ1n) is 12.4. The molecule has 1 aromatic carbocycles. The third-order valence-corrected chi connectivity index (χ3v) is 7.31. The van der Waals surface area contributed by atoms with Gasteiger partial charge in [0.15, 0.2) is 0 Å². The lowest BCUT2D eigenvalue weighted by Gasteiger charge is -2.51. The molecule has 0 amide bonds. The average Bonchev–Trinajstić information content (AvgIpc) is 2.88. The normalized spacial score (nSPS) is 19.4. The Bertz CT molecular complexity index is 968. The molecule has 1 aromatic heterocycles. The van der Waals surface area contributed by atoms with E-state index in [2.05, 4.69) is 45.6 Å². The number of ether oxygens (including phenoxy) is 1. The number of hydrogen-bond acceptors (Lipinski definition) is 5. The highest BCUT2D eigenvalue weighted by atomic mass is 19.4. The smallest absolute Gasteiger partial charge is 0.381 e. The fraction of sp³-hybridized carbons (Fsp3) is 0.519. The van der Waals surface area contributed by atoms with Crippen molar-refractivity contribution in [3.05, 3.63) is 72.1 Å². The molecule has 8 heteroatoms. The number of halogens is 3. The molecule has 0 saturated carbocycles. The third-order valence-electron chi connectivity index (χ3n) is 7.31. The molecular formula is C27H35F3N4O. The molecule has 190 valence electrons. The standard InChI is InChI=1S/C27H35F3N4O/c1-3-22(2)34(25-24(27(28,29)30)10-7-13-31-25)21-26(11-18-35-19-12-26)33-16-14-32(15-17-33)20-23-8-5-4-6-9-23/h4-10,13H,2-3,11-12,14-21H2,1H3. The van der Waals surface area contributed by atoms with Gasteiger partial charge in [-0.05, 0) is 37.0 Å². The van der Waals surface area contributed by atoms with Crippen LogP contribution in [0.15, 0.2) is 60.9 Å².